The third kappa shape index (κ3) is 2.57. The number of hydrogen-bond donors (Lipinski definition) is 0. The summed E-state index contributed by atoms with van der Waals surface area (Å²) in [6, 6.07) is 12.2. The first-order valence-electron chi connectivity index (χ1n) is 7.97. The van der Waals surface area contributed by atoms with E-state index < -0.39 is 0 Å². The highest BCUT2D eigenvalue weighted by molar-refractivity contribution is 7.22. The Hall–Kier alpha value is -2.65. The number of nitrogens with zero attached hydrogens (tertiary/aromatic N) is 5. The third-order valence-electron chi connectivity index (χ3n) is 4.37. The van der Waals surface area contributed by atoms with E-state index in [9.17, 15) is 5.26 Å². The van der Waals surface area contributed by atoms with E-state index in [1.165, 1.54) is 10.3 Å². The molecule has 0 bridgehead atoms. The van der Waals surface area contributed by atoms with Crippen LogP contribution in [0.3, 0.4) is 0 Å². The zero-order valence-electron chi connectivity index (χ0n) is 13.4. The van der Waals surface area contributed by atoms with Crippen LogP contribution in [-0.4, -0.2) is 36.1 Å². The number of hydrogen-bond acceptors (Lipinski definition) is 6. The van der Waals surface area contributed by atoms with Crippen molar-refractivity contribution in [3.8, 4) is 6.07 Å². The lowest BCUT2D eigenvalue weighted by Gasteiger charge is -2.35. The summed E-state index contributed by atoms with van der Waals surface area (Å²) in [4.78, 5) is 13.7. The van der Waals surface area contributed by atoms with Gasteiger partial charge in [-0.1, -0.05) is 23.5 Å². The van der Waals surface area contributed by atoms with Crippen LogP contribution < -0.4 is 9.80 Å². The van der Waals surface area contributed by atoms with E-state index in [0.29, 0.717) is 5.56 Å². The largest absolute Gasteiger partial charge is 0.352 e. The number of thiazole rings is 1. The van der Waals surface area contributed by atoms with Gasteiger partial charge >= 0.3 is 0 Å². The number of pyridine rings is 1. The first kappa shape index (κ1) is 14.9. The standard InChI is InChI=1S/C18H17N5S/c1-13-4-2-6-15-16(13)21-18(24-15)23-10-8-22(9-11-23)17-14(12-19)5-3-7-20-17/h2-7H,8-11H2,1H3. The molecule has 0 unspecified atom stereocenters. The fourth-order valence-electron chi connectivity index (χ4n) is 3.06. The summed E-state index contributed by atoms with van der Waals surface area (Å²) in [7, 11) is 0. The number of benzene rings is 1. The van der Waals surface area contributed by atoms with E-state index in [-0.39, 0.29) is 0 Å². The number of piperazine rings is 1. The van der Waals surface area contributed by atoms with Gasteiger partial charge in [-0.3, -0.25) is 0 Å². The van der Waals surface area contributed by atoms with E-state index in [0.717, 1.165) is 42.6 Å². The number of aromatic nitrogens is 2. The zero-order valence-corrected chi connectivity index (χ0v) is 14.3. The molecule has 0 radical (unpaired) electrons. The summed E-state index contributed by atoms with van der Waals surface area (Å²) < 4.78 is 1.24. The summed E-state index contributed by atoms with van der Waals surface area (Å²) >= 11 is 1.75. The van der Waals surface area contributed by atoms with Crippen LogP contribution in [-0.2, 0) is 0 Å². The van der Waals surface area contributed by atoms with Gasteiger partial charge in [0.2, 0.25) is 0 Å². The van der Waals surface area contributed by atoms with Gasteiger partial charge in [0, 0.05) is 32.4 Å². The molecule has 2 aromatic heterocycles. The molecule has 3 aromatic rings. The van der Waals surface area contributed by atoms with E-state index in [2.05, 4.69) is 46.0 Å². The van der Waals surface area contributed by atoms with E-state index in [4.69, 9.17) is 4.98 Å². The van der Waals surface area contributed by atoms with Crippen LogP contribution in [0.5, 0.6) is 0 Å². The van der Waals surface area contributed by atoms with Crippen molar-refractivity contribution >= 4 is 32.5 Å². The van der Waals surface area contributed by atoms with Gasteiger partial charge in [-0.2, -0.15) is 5.26 Å². The van der Waals surface area contributed by atoms with E-state index in [1.54, 1.807) is 17.5 Å². The Kier molecular flexibility index (Phi) is 3.79. The van der Waals surface area contributed by atoms with E-state index >= 15 is 0 Å². The molecule has 0 atom stereocenters. The highest BCUT2D eigenvalue weighted by Gasteiger charge is 2.22. The molecule has 0 spiro atoms. The maximum atomic E-state index is 9.25. The first-order valence-corrected chi connectivity index (χ1v) is 8.79. The molecule has 1 aromatic carbocycles. The Balaban J connectivity index is 1.53. The van der Waals surface area contributed by atoms with Crippen LogP contribution in [0.2, 0.25) is 0 Å². The number of anilines is 2. The highest BCUT2D eigenvalue weighted by atomic mass is 32.1. The molecule has 0 aliphatic carbocycles. The van der Waals surface area contributed by atoms with Crippen LogP contribution in [0.15, 0.2) is 36.5 Å². The van der Waals surface area contributed by atoms with Gasteiger partial charge in [0.25, 0.3) is 0 Å². The van der Waals surface area contributed by atoms with Crippen molar-refractivity contribution in [2.75, 3.05) is 36.0 Å². The summed E-state index contributed by atoms with van der Waals surface area (Å²) in [5, 5.41) is 10.3. The van der Waals surface area contributed by atoms with Crippen molar-refractivity contribution in [2.24, 2.45) is 0 Å². The molecule has 4 rings (SSSR count). The van der Waals surface area contributed by atoms with Gasteiger partial charge in [0.15, 0.2) is 5.13 Å². The number of aryl methyl sites for hydroxylation is 1. The lowest BCUT2D eigenvalue weighted by molar-refractivity contribution is 0.646. The zero-order chi connectivity index (χ0) is 16.5. The predicted molar refractivity (Wildman–Crippen MR) is 97.7 cm³/mol. The third-order valence-corrected chi connectivity index (χ3v) is 5.45. The molecule has 0 amide bonds. The molecule has 3 heterocycles. The first-order chi connectivity index (χ1) is 11.8. The lowest BCUT2D eigenvalue weighted by Crippen LogP contribution is -2.47. The number of rotatable bonds is 2. The molecule has 1 aliphatic rings. The second kappa shape index (κ2) is 6.10. The van der Waals surface area contributed by atoms with Crippen molar-refractivity contribution in [3.63, 3.8) is 0 Å². The minimum atomic E-state index is 0.640. The molecule has 120 valence electrons. The Bertz CT molecular complexity index is 919. The normalized spacial score (nSPS) is 14.8. The van der Waals surface area contributed by atoms with Gasteiger partial charge in [0.05, 0.1) is 15.8 Å². The second-order valence-corrected chi connectivity index (χ2v) is 6.89. The van der Waals surface area contributed by atoms with Crippen LogP contribution >= 0.6 is 11.3 Å². The topological polar surface area (TPSA) is 56.0 Å². The number of nitriles is 1. The smallest absolute Gasteiger partial charge is 0.186 e. The van der Waals surface area contributed by atoms with Crippen LogP contribution in [0.4, 0.5) is 10.9 Å². The average Bonchev–Trinajstić information content (AvgIpc) is 3.07. The molecule has 5 nitrogen and oxygen atoms in total. The monoisotopic (exact) mass is 335 g/mol. The Labute approximate surface area is 144 Å². The second-order valence-electron chi connectivity index (χ2n) is 5.88. The van der Waals surface area contributed by atoms with E-state index in [1.807, 2.05) is 12.1 Å². The van der Waals surface area contributed by atoms with Gasteiger partial charge in [-0.25, -0.2) is 9.97 Å². The van der Waals surface area contributed by atoms with Crippen LogP contribution in [0.1, 0.15) is 11.1 Å². The summed E-state index contributed by atoms with van der Waals surface area (Å²) in [6.07, 6.45) is 1.75. The van der Waals surface area contributed by atoms with Crippen molar-refractivity contribution < 1.29 is 0 Å². The molecule has 6 heteroatoms. The number of para-hydroxylation sites is 1. The summed E-state index contributed by atoms with van der Waals surface area (Å²) in [5.41, 5.74) is 2.97. The van der Waals surface area contributed by atoms with Crippen molar-refractivity contribution in [3.05, 3.63) is 47.7 Å². The Morgan fingerprint density at radius 2 is 1.88 bits per heavy atom. The number of fused-ring (bicyclic) bond motifs is 1. The summed E-state index contributed by atoms with van der Waals surface area (Å²) in [5.74, 6) is 0.791. The average molecular weight is 335 g/mol. The Morgan fingerprint density at radius 1 is 1.08 bits per heavy atom. The maximum absolute atomic E-state index is 9.25. The van der Waals surface area contributed by atoms with Crippen molar-refractivity contribution in [2.45, 2.75) is 6.92 Å². The van der Waals surface area contributed by atoms with Crippen molar-refractivity contribution in [1.29, 1.82) is 5.26 Å². The van der Waals surface area contributed by atoms with Gasteiger partial charge < -0.3 is 9.80 Å². The molecule has 1 fully saturated rings. The predicted octanol–water partition coefficient (Wildman–Crippen LogP) is 3.20. The molecule has 0 saturated carbocycles. The SMILES string of the molecule is Cc1cccc2sc(N3CCN(c4ncccc4C#N)CC3)nc12. The van der Waals surface area contributed by atoms with Gasteiger partial charge in [-0.15, -0.1) is 0 Å². The highest BCUT2D eigenvalue weighted by Crippen LogP contribution is 2.31. The molecular weight excluding hydrogens is 318 g/mol. The molecule has 1 saturated heterocycles. The fourth-order valence-corrected chi connectivity index (χ4v) is 4.15. The quantitative estimate of drug-likeness (QED) is 0.720. The van der Waals surface area contributed by atoms with Gasteiger partial charge in [-0.05, 0) is 30.7 Å². The van der Waals surface area contributed by atoms with Crippen molar-refractivity contribution in [1.82, 2.24) is 9.97 Å². The van der Waals surface area contributed by atoms with Crippen LogP contribution in [0.25, 0.3) is 10.2 Å². The maximum Gasteiger partial charge on any atom is 0.186 e. The minimum Gasteiger partial charge on any atom is -0.352 e. The molecule has 24 heavy (non-hydrogen) atoms. The lowest BCUT2D eigenvalue weighted by atomic mass is 10.2. The Morgan fingerprint density at radius 3 is 2.62 bits per heavy atom. The summed E-state index contributed by atoms with van der Waals surface area (Å²) in [6.45, 7) is 5.58. The van der Waals surface area contributed by atoms with Gasteiger partial charge in [0.1, 0.15) is 11.9 Å². The molecule has 0 N–H and O–H groups in total. The minimum absolute atomic E-state index is 0.640. The van der Waals surface area contributed by atoms with Crippen LogP contribution in [0, 0.1) is 18.3 Å². The molecule has 1 aliphatic heterocycles. The fraction of sp³-hybridized carbons (Fsp3) is 0.278. The molecular formula is C18H17N5S.